The van der Waals surface area contributed by atoms with Gasteiger partial charge in [-0.1, -0.05) is 30.7 Å². The number of fused-ring (bicyclic) bond motifs is 1. The highest BCUT2D eigenvalue weighted by Crippen LogP contribution is 2.26. The first-order valence-electron chi connectivity index (χ1n) is 7.94. The summed E-state index contributed by atoms with van der Waals surface area (Å²) >= 11 is 6.20. The Kier molecular flexibility index (Phi) is 4.58. The van der Waals surface area contributed by atoms with Crippen molar-refractivity contribution in [1.82, 2.24) is 9.55 Å². The number of hydrogen-bond donors (Lipinski definition) is 0. The molecule has 0 aliphatic heterocycles. The Hall–Kier alpha value is -2.00. The van der Waals surface area contributed by atoms with Crippen LogP contribution in [0, 0.1) is 13.8 Å². The molecule has 3 aromatic rings. The second kappa shape index (κ2) is 6.63. The number of nitrogens with zero attached hydrogens (tertiary/aromatic N) is 2. The minimum Gasteiger partial charge on any atom is -0.492 e. The second-order valence-corrected chi connectivity index (χ2v) is 6.12. The Morgan fingerprint density at radius 3 is 2.52 bits per heavy atom. The van der Waals surface area contributed by atoms with Gasteiger partial charge in [-0.05, 0) is 49.2 Å². The normalized spacial score (nSPS) is 11.1. The predicted molar refractivity (Wildman–Crippen MR) is 95.5 cm³/mol. The summed E-state index contributed by atoms with van der Waals surface area (Å²) in [5, 5.41) is 0.811. The maximum Gasteiger partial charge on any atom is 0.120 e. The second-order valence-electron chi connectivity index (χ2n) is 5.74. The van der Waals surface area contributed by atoms with Crippen molar-refractivity contribution in [2.75, 3.05) is 6.61 Å². The zero-order valence-corrected chi connectivity index (χ0v) is 14.5. The van der Waals surface area contributed by atoms with Crippen molar-refractivity contribution < 1.29 is 4.74 Å². The van der Waals surface area contributed by atoms with E-state index in [0.717, 1.165) is 51.7 Å². The van der Waals surface area contributed by atoms with E-state index in [-0.39, 0.29) is 0 Å². The van der Waals surface area contributed by atoms with Crippen molar-refractivity contribution in [3.8, 4) is 5.75 Å². The molecule has 0 radical (unpaired) electrons. The molecular formula is C19H21ClN2O. The quantitative estimate of drug-likeness (QED) is 0.662. The van der Waals surface area contributed by atoms with Crippen LogP contribution in [0.25, 0.3) is 11.0 Å². The number of benzene rings is 2. The number of aromatic nitrogens is 2. The van der Waals surface area contributed by atoms with Crippen LogP contribution in [0.5, 0.6) is 5.75 Å². The summed E-state index contributed by atoms with van der Waals surface area (Å²) < 4.78 is 8.18. The standard InChI is InChI=1S/C19H21ClN2O/c1-4-18-21-16-7-5-6-8-17(16)22(18)9-10-23-15-11-13(2)19(20)14(3)12-15/h5-8,11-12H,4,9-10H2,1-3H3. The van der Waals surface area contributed by atoms with E-state index in [1.807, 2.05) is 38.1 Å². The van der Waals surface area contributed by atoms with Gasteiger partial charge < -0.3 is 9.30 Å². The average Bonchev–Trinajstić information content (AvgIpc) is 2.90. The van der Waals surface area contributed by atoms with Crippen LogP contribution in [0.3, 0.4) is 0 Å². The molecule has 0 bridgehead atoms. The van der Waals surface area contributed by atoms with E-state index in [4.69, 9.17) is 16.3 Å². The minimum atomic E-state index is 0.605. The van der Waals surface area contributed by atoms with Crippen LogP contribution in [-0.2, 0) is 13.0 Å². The van der Waals surface area contributed by atoms with Gasteiger partial charge in [0.2, 0.25) is 0 Å². The smallest absolute Gasteiger partial charge is 0.120 e. The molecule has 3 nitrogen and oxygen atoms in total. The van der Waals surface area contributed by atoms with E-state index in [2.05, 4.69) is 28.6 Å². The van der Waals surface area contributed by atoms with Gasteiger partial charge in [-0.3, -0.25) is 0 Å². The van der Waals surface area contributed by atoms with Crippen molar-refractivity contribution in [2.45, 2.75) is 33.7 Å². The van der Waals surface area contributed by atoms with E-state index < -0.39 is 0 Å². The molecular weight excluding hydrogens is 308 g/mol. The molecule has 0 saturated carbocycles. The van der Waals surface area contributed by atoms with Gasteiger partial charge in [-0.2, -0.15) is 0 Å². The Morgan fingerprint density at radius 1 is 1.13 bits per heavy atom. The number of imidazole rings is 1. The summed E-state index contributed by atoms with van der Waals surface area (Å²) in [7, 11) is 0. The first-order valence-corrected chi connectivity index (χ1v) is 8.31. The summed E-state index contributed by atoms with van der Waals surface area (Å²) in [4.78, 5) is 4.69. The van der Waals surface area contributed by atoms with Crippen LogP contribution in [0.4, 0.5) is 0 Å². The average molecular weight is 329 g/mol. The molecule has 0 saturated heterocycles. The molecule has 1 aromatic heterocycles. The Morgan fingerprint density at radius 2 is 1.83 bits per heavy atom. The fourth-order valence-electron chi connectivity index (χ4n) is 2.89. The van der Waals surface area contributed by atoms with Crippen molar-refractivity contribution in [3.63, 3.8) is 0 Å². The van der Waals surface area contributed by atoms with Crippen molar-refractivity contribution in [2.24, 2.45) is 0 Å². The highest BCUT2D eigenvalue weighted by molar-refractivity contribution is 6.32. The van der Waals surface area contributed by atoms with Gasteiger partial charge >= 0.3 is 0 Å². The van der Waals surface area contributed by atoms with Crippen molar-refractivity contribution in [3.05, 3.63) is 58.4 Å². The molecule has 0 spiro atoms. The first-order chi connectivity index (χ1) is 11.1. The van der Waals surface area contributed by atoms with Gasteiger partial charge in [0.25, 0.3) is 0 Å². The van der Waals surface area contributed by atoms with Crippen molar-refractivity contribution in [1.29, 1.82) is 0 Å². The molecule has 0 amide bonds. The lowest BCUT2D eigenvalue weighted by Gasteiger charge is -2.12. The maximum atomic E-state index is 6.20. The van der Waals surface area contributed by atoms with E-state index in [1.54, 1.807) is 0 Å². The van der Waals surface area contributed by atoms with E-state index in [1.165, 1.54) is 0 Å². The third kappa shape index (κ3) is 3.20. The number of halogens is 1. The molecule has 4 heteroatoms. The lowest BCUT2D eigenvalue weighted by Crippen LogP contribution is -2.11. The van der Waals surface area contributed by atoms with Crippen LogP contribution < -0.4 is 4.74 Å². The molecule has 23 heavy (non-hydrogen) atoms. The van der Waals surface area contributed by atoms with Crippen LogP contribution in [0.2, 0.25) is 5.02 Å². The Labute approximate surface area is 141 Å². The predicted octanol–water partition coefficient (Wildman–Crippen LogP) is 4.95. The molecule has 1 heterocycles. The van der Waals surface area contributed by atoms with Crippen LogP contribution in [-0.4, -0.2) is 16.2 Å². The molecule has 3 rings (SSSR count). The molecule has 0 unspecified atom stereocenters. The van der Waals surface area contributed by atoms with Gasteiger partial charge in [-0.15, -0.1) is 0 Å². The largest absolute Gasteiger partial charge is 0.492 e. The summed E-state index contributed by atoms with van der Waals surface area (Å²) in [6.07, 6.45) is 0.911. The highest BCUT2D eigenvalue weighted by atomic mass is 35.5. The monoisotopic (exact) mass is 328 g/mol. The Bertz CT molecular complexity index is 815. The van der Waals surface area contributed by atoms with Gasteiger partial charge in [0.05, 0.1) is 17.6 Å². The van der Waals surface area contributed by atoms with Crippen molar-refractivity contribution >= 4 is 22.6 Å². The lowest BCUT2D eigenvalue weighted by molar-refractivity contribution is 0.298. The zero-order valence-electron chi connectivity index (χ0n) is 13.8. The SMILES string of the molecule is CCc1nc2ccccc2n1CCOc1cc(C)c(Cl)c(C)c1. The highest BCUT2D eigenvalue weighted by Gasteiger charge is 2.09. The van der Waals surface area contributed by atoms with E-state index in [0.29, 0.717) is 6.61 Å². The third-order valence-corrected chi connectivity index (χ3v) is 4.64. The molecule has 0 N–H and O–H groups in total. The van der Waals surface area contributed by atoms with Gasteiger partial charge in [0.1, 0.15) is 18.2 Å². The van der Waals surface area contributed by atoms with Crippen LogP contribution in [0.1, 0.15) is 23.9 Å². The fourth-order valence-corrected chi connectivity index (χ4v) is 3.00. The maximum absolute atomic E-state index is 6.20. The molecule has 0 aliphatic rings. The number of aryl methyl sites for hydroxylation is 3. The third-order valence-electron chi connectivity index (χ3n) is 4.04. The number of para-hydroxylation sites is 2. The van der Waals surface area contributed by atoms with Gasteiger partial charge in [0.15, 0.2) is 0 Å². The zero-order chi connectivity index (χ0) is 16.4. The number of hydrogen-bond acceptors (Lipinski definition) is 2. The molecule has 0 atom stereocenters. The summed E-state index contributed by atoms with van der Waals surface area (Å²) in [5.74, 6) is 1.96. The molecule has 0 aliphatic carbocycles. The topological polar surface area (TPSA) is 27.1 Å². The summed E-state index contributed by atoms with van der Waals surface area (Å²) in [6, 6.07) is 12.2. The van der Waals surface area contributed by atoms with Crippen LogP contribution >= 0.6 is 11.6 Å². The lowest BCUT2D eigenvalue weighted by atomic mass is 10.1. The van der Waals surface area contributed by atoms with E-state index >= 15 is 0 Å². The fraction of sp³-hybridized carbons (Fsp3) is 0.316. The number of ether oxygens (including phenoxy) is 1. The molecule has 0 fully saturated rings. The minimum absolute atomic E-state index is 0.605. The van der Waals surface area contributed by atoms with E-state index in [9.17, 15) is 0 Å². The number of rotatable bonds is 5. The molecule has 2 aromatic carbocycles. The van der Waals surface area contributed by atoms with Gasteiger partial charge in [0, 0.05) is 11.4 Å². The van der Waals surface area contributed by atoms with Crippen LogP contribution in [0.15, 0.2) is 36.4 Å². The summed E-state index contributed by atoms with van der Waals surface area (Å²) in [6.45, 7) is 7.52. The first kappa shape index (κ1) is 15.9. The van der Waals surface area contributed by atoms with Gasteiger partial charge in [-0.25, -0.2) is 4.98 Å². The Balaban J connectivity index is 1.76. The molecule has 120 valence electrons. The summed E-state index contributed by atoms with van der Waals surface area (Å²) in [5.41, 5.74) is 4.30.